The van der Waals surface area contributed by atoms with Gasteiger partial charge >= 0.3 is 0 Å². The maximum Gasteiger partial charge on any atom is 0.00644 e. The van der Waals surface area contributed by atoms with Gasteiger partial charge in [-0.25, -0.2) is 0 Å². The summed E-state index contributed by atoms with van der Waals surface area (Å²) in [7, 11) is 2.08. The highest BCUT2D eigenvalue weighted by molar-refractivity contribution is 4.91. The molecular weight excluding hydrogens is 170 g/mol. The van der Waals surface area contributed by atoms with Crippen LogP contribution in [0.2, 0.25) is 0 Å². The van der Waals surface area contributed by atoms with Crippen molar-refractivity contribution in [3.8, 4) is 0 Å². The summed E-state index contributed by atoms with van der Waals surface area (Å²) in [5.74, 6) is 0.846. The maximum atomic E-state index is 3.41. The predicted molar refractivity (Wildman–Crippen MR) is 63.4 cm³/mol. The van der Waals surface area contributed by atoms with Crippen molar-refractivity contribution in [1.29, 1.82) is 0 Å². The third kappa shape index (κ3) is 2.98. The summed E-state index contributed by atoms with van der Waals surface area (Å²) in [6, 6.07) is 0.661. The molecule has 0 aromatic carbocycles. The first-order chi connectivity index (χ1) is 6.26. The summed E-state index contributed by atoms with van der Waals surface area (Å²) in [5.41, 5.74) is 1.05. The fraction of sp³-hybridized carbons (Fsp3) is 1.00. The molecule has 1 rings (SSSR count). The van der Waals surface area contributed by atoms with Gasteiger partial charge in [0.05, 0.1) is 0 Å². The van der Waals surface area contributed by atoms with E-state index >= 15 is 0 Å². The van der Waals surface area contributed by atoms with Crippen LogP contribution in [0.3, 0.4) is 0 Å². The number of rotatable bonds is 2. The van der Waals surface area contributed by atoms with Crippen LogP contribution in [0.15, 0.2) is 0 Å². The van der Waals surface area contributed by atoms with E-state index in [1.54, 1.807) is 0 Å². The lowest BCUT2D eigenvalue weighted by Gasteiger charge is -2.46. The largest absolute Gasteiger partial charge is 0.317 e. The van der Waals surface area contributed by atoms with Gasteiger partial charge in [-0.1, -0.05) is 27.7 Å². The van der Waals surface area contributed by atoms with E-state index in [-0.39, 0.29) is 0 Å². The monoisotopic (exact) mass is 197 g/mol. The molecule has 1 heteroatoms. The van der Waals surface area contributed by atoms with Crippen molar-refractivity contribution < 1.29 is 0 Å². The molecule has 84 valence electrons. The van der Waals surface area contributed by atoms with Gasteiger partial charge in [-0.2, -0.15) is 0 Å². The topological polar surface area (TPSA) is 12.0 Å². The Kier molecular flexibility index (Phi) is 3.30. The molecule has 0 amide bonds. The molecule has 0 aromatic rings. The van der Waals surface area contributed by atoms with Crippen LogP contribution in [-0.4, -0.2) is 13.1 Å². The van der Waals surface area contributed by atoms with Crippen molar-refractivity contribution in [2.45, 2.75) is 59.9 Å². The van der Waals surface area contributed by atoms with Crippen molar-refractivity contribution in [1.82, 2.24) is 5.32 Å². The van der Waals surface area contributed by atoms with Crippen molar-refractivity contribution >= 4 is 0 Å². The van der Waals surface area contributed by atoms with Gasteiger partial charge < -0.3 is 5.32 Å². The third-order valence-corrected chi connectivity index (χ3v) is 3.75. The molecule has 0 spiro atoms. The Hall–Kier alpha value is -0.0400. The van der Waals surface area contributed by atoms with Crippen LogP contribution < -0.4 is 5.32 Å². The summed E-state index contributed by atoms with van der Waals surface area (Å²) in [5, 5.41) is 3.41. The molecule has 0 aliphatic heterocycles. The van der Waals surface area contributed by atoms with Gasteiger partial charge in [0.25, 0.3) is 0 Å². The summed E-state index contributed by atoms with van der Waals surface area (Å²) in [4.78, 5) is 0. The van der Waals surface area contributed by atoms with E-state index in [0.717, 1.165) is 5.92 Å². The molecule has 14 heavy (non-hydrogen) atoms. The lowest BCUT2D eigenvalue weighted by atomic mass is 9.60. The van der Waals surface area contributed by atoms with E-state index in [2.05, 4.69) is 47.0 Å². The first-order valence-electron chi connectivity index (χ1n) is 5.93. The van der Waals surface area contributed by atoms with Crippen LogP contribution in [-0.2, 0) is 0 Å². The smallest absolute Gasteiger partial charge is 0.00644 e. The zero-order valence-electron chi connectivity index (χ0n) is 10.8. The molecule has 1 aliphatic rings. The quantitative estimate of drug-likeness (QED) is 0.715. The first-order valence-corrected chi connectivity index (χ1v) is 5.93. The number of nitrogens with one attached hydrogen (secondary N) is 1. The van der Waals surface area contributed by atoms with Crippen LogP contribution in [0.1, 0.15) is 53.9 Å². The first kappa shape index (κ1) is 12.0. The van der Waals surface area contributed by atoms with Gasteiger partial charge in [-0.15, -0.1) is 0 Å². The van der Waals surface area contributed by atoms with Crippen molar-refractivity contribution in [3.05, 3.63) is 0 Å². The molecule has 1 atom stereocenters. The molecule has 0 bridgehead atoms. The van der Waals surface area contributed by atoms with Crippen LogP contribution in [0.5, 0.6) is 0 Å². The molecule has 0 radical (unpaired) electrons. The molecule has 1 nitrogen and oxygen atoms in total. The SMILES string of the molecule is CNC(C)C1CC(C)(C)CC(C)(C)C1. The van der Waals surface area contributed by atoms with E-state index in [1.165, 1.54) is 19.3 Å². The van der Waals surface area contributed by atoms with Gasteiger partial charge in [-0.3, -0.25) is 0 Å². The molecular formula is C13H27N. The second kappa shape index (κ2) is 3.84. The molecule has 0 aromatic heterocycles. The molecule has 1 aliphatic carbocycles. The average molecular weight is 197 g/mol. The average Bonchev–Trinajstić information content (AvgIpc) is 1.97. The Labute approximate surface area is 89.7 Å². The third-order valence-electron chi connectivity index (χ3n) is 3.75. The van der Waals surface area contributed by atoms with Crippen molar-refractivity contribution in [2.75, 3.05) is 7.05 Å². The zero-order valence-corrected chi connectivity index (χ0v) is 10.8. The van der Waals surface area contributed by atoms with Gasteiger partial charge in [0.15, 0.2) is 0 Å². The summed E-state index contributed by atoms with van der Waals surface area (Å²) in [6.45, 7) is 12.0. The highest BCUT2D eigenvalue weighted by atomic mass is 14.9. The number of hydrogen-bond acceptors (Lipinski definition) is 1. The van der Waals surface area contributed by atoms with E-state index in [4.69, 9.17) is 0 Å². The Bertz CT molecular complexity index is 177. The molecule has 0 heterocycles. The van der Waals surface area contributed by atoms with E-state index in [1.807, 2.05) is 0 Å². The predicted octanol–water partition coefficient (Wildman–Crippen LogP) is 3.45. The highest BCUT2D eigenvalue weighted by Gasteiger charge is 2.39. The summed E-state index contributed by atoms with van der Waals surface area (Å²) in [6.07, 6.45) is 4.11. The molecule has 1 fully saturated rings. The van der Waals surface area contributed by atoms with Crippen LogP contribution in [0, 0.1) is 16.7 Å². The molecule has 1 saturated carbocycles. The second-order valence-corrected chi connectivity index (χ2v) is 6.75. The highest BCUT2D eigenvalue weighted by Crippen LogP contribution is 2.49. The van der Waals surface area contributed by atoms with Gasteiger partial charge in [0.1, 0.15) is 0 Å². The van der Waals surface area contributed by atoms with Gasteiger partial charge in [0.2, 0.25) is 0 Å². The Morgan fingerprint density at radius 2 is 1.50 bits per heavy atom. The van der Waals surface area contributed by atoms with Crippen LogP contribution in [0.25, 0.3) is 0 Å². The van der Waals surface area contributed by atoms with Gasteiger partial charge in [0, 0.05) is 6.04 Å². The number of hydrogen-bond donors (Lipinski definition) is 1. The Morgan fingerprint density at radius 3 is 1.86 bits per heavy atom. The second-order valence-electron chi connectivity index (χ2n) is 6.75. The van der Waals surface area contributed by atoms with Crippen LogP contribution in [0.4, 0.5) is 0 Å². The zero-order chi connectivity index (χ0) is 11.0. The van der Waals surface area contributed by atoms with E-state index in [0.29, 0.717) is 16.9 Å². The van der Waals surface area contributed by atoms with Crippen LogP contribution >= 0.6 is 0 Å². The minimum Gasteiger partial charge on any atom is -0.317 e. The molecule has 0 saturated heterocycles. The minimum absolute atomic E-state index is 0.525. The lowest BCUT2D eigenvalue weighted by molar-refractivity contribution is 0.0537. The normalized spacial score (nSPS) is 28.7. The van der Waals surface area contributed by atoms with E-state index in [9.17, 15) is 0 Å². The van der Waals surface area contributed by atoms with E-state index < -0.39 is 0 Å². The minimum atomic E-state index is 0.525. The Balaban J connectivity index is 2.71. The van der Waals surface area contributed by atoms with Gasteiger partial charge in [-0.05, 0) is 50.0 Å². The molecule has 1 unspecified atom stereocenters. The molecule has 1 N–H and O–H groups in total. The maximum absolute atomic E-state index is 3.41. The van der Waals surface area contributed by atoms with Crippen molar-refractivity contribution in [3.63, 3.8) is 0 Å². The summed E-state index contributed by atoms with van der Waals surface area (Å²) >= 11 is 0. The fourth-order valence-electron chi connectivity index (χ4n) is 3.52. The Morgan fingerprint density at radius 1 is 1.07 bits per heavy atom. The fourth-order valence-corrected chi connectivity index (χ4v) is 3.52. The standard InChI is InChI=1S/C13H27N/c1-10(14-6)11-7-12(2,3)9-13(4,5)8-11/h10-11,14H,7-9H2,1-6H3. The lowest BCUT2D eigenvalue weighted by Crippen LogP contribution is -2.41. The van der Waals surface area contributed by atoms with Crippen molar-refractivity contribution in [2.24, 2.45) is 16.7 Å². The summed E-state index contributed by atoms with van der Waals surface area (Å²) < 4.78 is 0.